The summed E-state index contributed by atoms with van der Waals surface area (Å²) < 4.78 is 0. The van der Waals surface area contributed by atoms with Crippen molar-refractivity contribution in [2.45, 2.75) is 33.2 Å². The van der Waals surface area contributed by atoms with Crippen LogP contribution < -0.4 is 10.6 Å². The monoisotopic (exact) mass is 252 g/mol. The molecule has 0 bridgehead atoms. The molecule has 1 aromatic heterocycles. The Morgan fingerprint density at radius 1 is 1.47 bits per heavy atom. The van der Waals surface area contributed by atoms with Crippen LogP contribution in [0.25, 0.3) is 0 Å². The van der Waals surface area contributed by atoms with E-state index in [4.69, 9.17) is 0 Å². The van der Waals surface area contributed by atoms with Crippen LogP contribution in [0.3, 0.4) is 0 Å². The van der Waals surface area contributed by atoms with E-state index in [1.165, 1.54) is 28.2 Å². The summed E-state index contributed by atoms with van der Waals surface area (Å²) in [6.45, 7) is 6.32. The van der Waals surface area contributed by atoms with Crippen LogP contribution in [0, 0.1) is 19.8 Å². The van der Waals surface area contributed by atoms with Gasteiger partial charge in [0.2, 0.25) is 5.91 Å². The number of thiophene rings is 1. The Morgan fingerprint density at radius 2 is 2.24 bits per heavy atom. The van der Waals surface area contributed by atoms with Crippen LogP contribution in [0.2, 0.25) is 0 Å². The maximum Gasteiger partial charge on any atom is 0.233 e. The van der Waals surface area contributed by atoms with E-state index in [9.17, 15) is 4.79 Å². The van der Waals surface area contributed by atoms with Gasteiger partial charge < -0.3 is 10.6 Å². The summed E-state index contributed by atoms with van der Waals surface area (Å²) in [6.07, 6.45) is 2.56. The number of carbonyl (C=O) groups is 1. The van der Waals surface area contributed by atoms with Crippen molar-refractivity contribution in [3.63, 3.8) is 0 Å². The lowest BCUT2D eigenvalue weighted by molar-refractivity contribution is -0.120. The minimum atomic E-state index is 0.113. The van der Waals surface area contributed by atoms with Gasteiger partial charge in [-0.3, -0.25) is 4.79 Å². The molecule has 94 valence electrons. The van der Waals surface area contributed by atoms with Crippen molar-refractivity contribution in [2.24, 2.45) is 5.92 Å². The molecule has 0 atom stereocenters. The number of nitrogens with one attached hydrogen (secondary N) is 2. The third-order valence-electron chi connectivity index (χ3n) is 3.09. The first kappa shape index (κ1) is 12.6. The first-order valence-corrected chi connectivity index (χ1v) is 7.00. The van der Waals surface area contributed by atoms with Crippen molar-refractivity contribution in [2.75, 3.05) is 13.1 Å². The van der Waals surface area contributed by atoms with Crippen LogP contribution in [-0.4, -0.2) is 19.0 Å². The molecule has 0 saturated heterocycles. The van der Waals surface area contributed by atoms with Crippen LogP contribution in [0.15, 0.2) is 6.07 Å². The average molecular weight is 252 g/mol. The highest BCUT2D eigenvalue weighted by molar-refractivity contribution is 7.12. The van der Waals surface area contributed by atoms with Crippen molar-refractivity contribution >= 4 is 17.2 Å². The Bertz CT molecular complexity index is 377. The highest BCUT2D eigenvalue weighted by Crippen LogP contribution is 2.27. The topological polar surface area (TPSA) is 41.1 Å². The van der Waals surface area contributed by atoms with Gasteiger partial charge in [-0.2, -0.15) is 0 Å². The van der Waals surface area contributed by atoms with Crippen molar-refractivity contribution < 1.29 is 4.79 Å². The number of aryl methyl sites for hydroxylation is 2. The van der Waals surface area contributed by atoms with Gasteiger partial charge in [0.05, 0.1) is 6.54 Å². The van der Waals surface area contributed by atoms with Crippen LogP contribution in [0.1, 0.15) is 28.2 Å². The predicted octanol–water partition coefficient (Wildman–Crippen LogP) is 1.98. The van der Waals surface area contributed by atoms with E-state index < -0.39 is 0 Å². The second kappa shape index (κ2) is 5.65. The highest BCUT2D eigenvalue weighted by atomic mass is 32.1. The molecule has 2 N–H and O–H groups in total. The Balaban J connectivity index is 1.62. The van der Waals surface area contributed by atoms with Gasteiger partial charge in [-0.15, -0.1) is 11.3 Å². The van der Waals surface area contributed by atoms with Gasteiger partial charge in [-0.25, -0.2) is 0 Å². The summed E-state index contributed by atoms with van der Waals surface area (Å²) in [5, 5.41) is 6.13. The lowest BCUT2D eigenvalue weighted by Gasteiger charge is -2.04. The molecular formula is C13H20N2OS. The van der Waals surface area contributed by atoms with Crippen LogP contribution in [-0.2, 0) is 11.3 Å². The van der Waals surface area contributed by atoms with Gasteiger partial charge >= 0.3 is 0 Å². The molecule has 1 fully saturated rings. The van der Waals surface area contributed by atoms with Gasteiger partial charge in [0, 0.05) is 22.8 Å². The third kappa shape index (κ3) is 4.13. The van der Waals surface area contributed by atoms with Crippen LogP contribution in [0.4, 0.5) is 0 Å². The Kier molecular flexibility index (Phi) is 4.18. The Hall–Kier alpha value is -0.870. The lowest BCUT2D eigenvalue weighted by Crippen LogP contribution is -2.34. The zero-order valence-corrected chi connectivity index (χ0v) is 11.3. The number of hydrogen-bond donors (Lipinski definition) is 2. The standard InChI is InChI=1S/C13H20N2OS/c1-9-5-12(17-10(9)2)7-14-8-13(16)15-6-11-3-4-11/h5,11,14H,3-4,6-8H2,1-2H3,(H,15,16). The Morgan fingerprint density at radius 3 is 2.82 bits per heavy atom. The second-order valence-electron chi connectivity index (χ2n) is 4.80. The van der Waals surface area contributed by atoms with E-state index in [2.05, 4.69) is 30.5 Å². The van der Waals surface area contributed by atoms with E-state index in [0.717, 1.165) is 19.0 Å². The fourth-order valence-corrected chi connectivity index (χ4v) is 2.70. The molecule has 3 nitrogen and oxygen atoms in total. The minimum absolute atomic E-state index is 0.113. The van der Waals surface area contributed by atoms with Crippen LogP contribution in [0.5, 0.6) is 0 Å². The zero-order valence-electron chi connectivity index (χ0n) is 10.5. The zero-order chi connectivity index (χ0) is 12.3. The van der Waals surface area contributed by atoms with Gasteiger partial charge in [0.15, 0.2) is 0 Å². The predicted molar refractivity (Wildman–Crippen MR) is 71.2 cm³/mol. The summed E-state index contributed by atoms with van der Waals surface area (Å²) in [5.74, 6) is 0.864. The second-order valence-corrected chi connectivity index (χ2v) is 6.14. The molecular weight excluding hydrogens is 232 g/mol. The molecule has 2 rings (SSSR count). The maximum absolute atomic E-state index is 11.5. The van der Waals surface area contributed by atoms with Gasteiger partial charge in [0.25, 0.3) is 0 Å². The van der Waals surface area contributed by atoms with Crippen molar-refractivity contribution in [1.29, 1.82) is 0 Å². The summed E-state index contributed by atoms with van der Waals surface area (Å²) in [5.41, 5.74) is 1.34. The first-order chi connectivity index (χ1) is 8.15. The maximum atomic E-state index is 11.5. The van der Waals surface area contributed by atoms with Gasteiger partial charge in [0.1, 0.15) is 0 Å². The molecule has 17 heavy (non-hydrogen) atoms. The van der Waals surface area contributed by atoms with Gasteiger partial charge in [-0.1, -0.05) is 0 Å². The van der Waals surface area contributed by atoms with Crippen molar-refractivity contribution in [1.82, 2.24) is 10.6 Å². The van der Waals surface area contributed by atoms with E-state index in [-0.39, 0.29) is 5.91 Å². The van der Waals surface area contributed by atoms with E-state index in [1.807, 2.05) is 0 Å². The molecule has 1 heterocycles. The largest absolute Gasteiger partial charge is 0.355 e. The van der Waals surface area contributed by atoms with E-state index >= 15 is 0 Å². The smallest absolute Gasteiger partial charge is 0.233 e. The minimum Gasteiger partial charge on any atom is -0.355 e. The quantitative estimate of drug-likeness (QED) is 0.813. The average Bonchev–Trinajstić information content (AvgIpc) is 3.04. The SMILES string of the molecule is Cc1cc(CNCC(=O)NCC2CC2)sc1C. The lowest BCUT2D eigenvalue weighted by atomic mass is 10.3. The molecule has 1 amide bonds. The molecule has 1 saturated carbocycles. The molecule has 4 heteroatoms. The first-order valence-electron chi connectivity index (χ1n) is 6.18. The Labute approximate surface area is 107 Å². The molecule has 0 radical (unpaired) electrons. The fourth-order valence-electron chi connectivity index (χ4n) is 1.68. The number of carbonyl (C=O) groups excluding carboxylic acids is 1. The fraction of sp³-hybridized carbons (Fsp3) is 0.615. The molecule has 0 spiro atoms. The van der Waals surface area contributed by atoms with Gasteiger partial charge in [-0.05, 0) is 44.2 Å². The molecule has 0 aromatic carbocycles. The summed E-state index contributed by atoms with van der Waals surface area (Å²) in [4.78, 5) is 14.1. The summed E-state index contributed by atoms with van der Waals surface area (Å²) in [7, 11) is 0. The summed E-state index contributed by atoms with van der Waals surface area (Å²) in [6, 6.07) is 2.19. The van der Waals surface area contributed by atoms with Crippen molar-refractivity contribution in [3.05, 3.63) is 21.4 Å². The normalized spacial score (nSPS) is 14.9. The summed E-state index contributed by atoms with van der Waals surface area (Å²) >= 11 is 1.80. The number of rotatable bonds is 6. The molecule has 1 aromatic rings. The molecule has 0 aliphatic heterocycles. The van der Waals surface area contributed by atoms with E-state index in [0.29, 0.717) is 6.54 Å². The van der Waals surface area contributed by atoms with Crippen molar-refractivity contribution in [3.8, 4) is 0 Å². The number of hydrogen-bond acceptors (Lipinski definition) is 3. The molecule has 1 aliphatic rings. The number of amides is 1. The van der Waals surface area contributed by atoms with E-state index in [1.54, 1.807) is 11.3 Å². The molecule has 0 unspecified atom stereocenters. The highest BCUT2D eigenvalue weighted by Gasteiger charge is 2.21. The molecule has 1 aliphatic carbocycles. The van der Waals surface area contributed by atoms with Crippen LogP contribution >= 0.6 is 11.3 Å². The third-order valence-corrected chi connectivity index (χ3v) is 4.24.